The van der Waals surface area contributed by atoms with Crippen molar-refractivity contribution in [3.05, 3.63) is 29.8 Å². The van der Waals surface area contributed by atoms with E-state index < -0.39 is 12.0 Å². The second kappa shape index (κ2) is 8.29. The first-order valence-corrected chi connectivity index (χ1v) is 7.06. The average Bonchev–Trinajstić information content (AvgIpc) is 2.49. The van der Waals surface area contributed by atoms with E-state index in [-0.39, 0.29) is 18.4 Å². The van der Waals surface area contributed by atoms with Crippen molar-refractivity contribution in [3.63, 3.8) is 0 Å². The maximum atomic E-state index is 11.9. The molecule has 0 aliphatic rings. The molecule has 1 atom stereocenters. The number of hydrogen-bond donors (Lipinski definition) is 1. The van der Waals surface area contributed by atoms with Gasteiger partial charge in [-0.25, -0.2) is 4.79 Å². The smallest absolute Gasteiger partial charge is 0.328 e. The zero-order valence-corrected chi connectivity index (χ0v) is 13.0. The molecule has 0 spiro atoms. The summed E-state index contributed by atoms with van der Waals surface area (Å²) < 4.78 is 10.1. The summed E-state index contributed by atoms with van der Waals surface area (Å²) in [5, 5.41) is 2.63. The molecule has 0 aromatic heterocycles. The number of ether oxygens (including phenoxy) is 2. The summed E-state index contributed by atoms with van der Waals surface area (Å²) >= 11 is 0. The minimum Gasteiger partial charge on any atom is -0.484 e. The maximum absolute atomic E-state index is 11.9. The number of carbonyl (C=O) groups is 2. The van der Waals surface area contributed by atoms with Gasteiger partial charge in [-0.15, -0.1) is 0 Å². The summed E-state index contributed by atoms with van der Waals surface area (Å²) in [5.74, 6) is -0.208. The lowest BCUT2D eigenvalue weighted by molar-refractivity contribution is -0.146. The molecular weight excluding hydrogens is 270 g/mol. The van der Waals surface area contributed by atoms with Gasteiger partial charge in [0.25, 0.3) is 5.91 Å². The van der Waals surface area contributed by atoms with Crippen molar-refractivity contribution in [1.29, 1.82) is 0 Å². The number of aryl methyl sites for hydroxylation is 1. The van der Waals surface area contributed by atoms with Gasteiger partial charge in [0.2, 0.25) is 0 Å². The van der Waals surface area contributed by atoms with Crippen LogP contribution < -0.4 is 10.1 Å². The molecule has 5 nitrogen and oxygen atoms in total. The van der Waals surface area contributed by atoms with E-state index in [1.54, 1.807) is 6.07 Å². The zero-order valence-electron chi connectivity index (χ0n) is 13.0. The molecule has 0 bridgehead atoms. The molecule has 1 unspecified atom stereocenters. The first-order chi connectivity index (χ1) is 9.97. The average molecular weight is 293 g/mol. The van der Waals surface area contributed by atoms with E-state index in [4.69, 9.17) is 4.74 Å². The van der Waals surface area contributed by atoms with E-state index in [1.165, 1.54) is 7.11 Å². The van der Waals surface area contributed by atoms with Crippen molar-refractivity contribution in [3.8, 4) is 5.75 Å². The number of carbonyl (C=O) groups excluding carboxylic acids is 2. The van der Waals surface area contributed by atoms with Gasteiger partial charge in [0.15, 0.2) is 6.61 Å². The largest absolute Gasteiger partial charge is 0.484 e. The van der Waals surface area contributed by atoms with E-state index >= 15 is 0 Å². The predicted octanol–water partition coefficient (Wildman–Crippen LogP) is 1.94. The maximum Gasteiger partial charge on any atom is 0.328 e. The van der Waals surface area contributed by atoms with Crippen LogP contribution in [0.5, 0.6) is 5.75 Å². The van der Waals surface area contributed by atoms with Crippen molar-refractivity contribution < 1.29 is 19.1 Å². The van der Waals surface area contributed by atoms with Gasteiger partial charge >= 0.3 is 5.97 Å². The Bertz CT molecular complexity index is 485. The highest BCUT2D eigenvalue weighted by molar-refractivity contribution is 5.85. The van der Waals surface area contributed by atoms with Crippen LogP contribution in [-0.4, -0.2) is 31.6 Å². The van der Waals surface area contributed by atoms with Gasteiger partial charge in [-0.3, -0.25) is 4.79 Å². The summed E-state index contributed by atoms with van der Waals surface area (Å²) in [5.41, 5.74) is 1.14. The van der Waals surface area contributed by atoms with Crippen molar-refractivity contribution >= 4 is 11.9 Å². The first-order valence-electron chi connectivity index (χ1n) is 7.06. The highest BCUT2D eigenvalue weighted by Crippen LogP contribution is 2.13. The number of hydrogen-bond acceptors (Lipinski definition) is 4. The van der Waals surface area contributed by atoms with Gasteiger partial charge in [-0.05, 0) is 30.0 Å². The quantitative estimate of drug-likeness (QED) is 0.780. The van der Waals surface area contributed by atoms with Crippen LogP contribution in [0.1, 0.15) is 26.3 Å². The Hall–Kier alpha value is -2.04. The Morgan fingerprint density at radius 2 is 2.00 bits per heavy atom. The molecular formula is C16H23NO4. The highest BCUT2D eigenvalue weighted by Gasteiger charge is 2.24. The zero-order chi connectivity index (χ0) is 15.8. The van der Waals surface area contributed by atoms with E-state index in [2.05, 4.69) is 17.0 Å². The lowest BCUT2D eigenvalue weighted by Gasteiger charge is -2.19. The lowest BCUT2D eigenvalue weighted by Crippen LogP contribution is -2.46. The van der Waals surface area contributed by atoms with Gasteiger partial charge in [-0.2, -0.15) is 0 Å². The minimum absolute atomic E-state index is 0.0511. The van der Waals surface area contributed by atoms with E-state index in [0.29, 0.717) is 5.75 Å². The van der Waals surface area contributed by atoms with E-state index in [1.807, 2.05) is 32.0 Å². The minimum atomic E-state index is -0.659. The summed E-state index contributed by atoms with van der Waals surface area (Å²) in [7, 11) is 1.30. The summed E-state index contributed by atoms with van der Waals surface area (Å²) in [6, 6.07) is 6.92. The number of methoxy groups -OCH3 is 1. The Morgan fingerprint density at radius 3 is 2.57 bits per heavy atom. The van der Waals surface area contributed by atoms with Crippen LogP contribution in [0.25, 0.3) is 0 Å². The Labute approximate surface area is 125 Å². The normalized spacial score (nSPS) is 11.9. The molecule has 0 aliphatic heterocycles. The molecule has 0 saturated carbocycles. The fraction of sp³-hybridized carbons (Fsp3) is 0.500. The van der Waals surface area contributed by atoms with Gasteiger partial charge in [0.1, 0.15) is 11.8 Å². The van der Waals surface area contributed by atoms with Gasteiger partial charge in [-0.1, -0.05) is 32.9 Å². The Kier molecular flexibility index (Phi) is 6.72. The number of nitrogens with one attached hydrogen (secondary N) is 1. The van der Waals surface area contributed by atoms with E-state index in [9.17, 15) is 9.59 Å². The lowest BCUT2D eigenvalue weighted by atomic mass is 10.0. The fourth-order valence-electron chi connectivity index (χ4n) is 1.84. The van der Waals surface area contributed by atoms with Crippen LogP contribution >= 0.6 is 0 Å². The van der Waals surface area contributed by atoms with Crippen molar-refractivity contribution in [1.82, 2.24) is 5.32 Å². The van der Waals surface area contributed by atoms with E-state index in [0.717, 1.165) is 12.0 Å². The van der Waals surface area contributed by atoms with Gasteiger partial charge < -0.3 is 14.8 Å². The van der Waals surface area contributed by atoms with Crippen LogP contribution in [-0.2, 0) is 20.7 Å². The summed E-state index contributed by atoms with van der Waals surface area (Å²) in [6.07, 6.45) is 0.904. The molecule has 0 heterocycles. The van der Waals surface area contributed by atoms with Crippen LogP contribution in [0.2, 0.25) is 0 Å². The number of amides is 1. The first kappa shape index (κ1) is 17.0. The fourth-order valence-corrected chi connectivity index (χ4v) is 1.84. The van der Waals surface area contributed by atoms with Gasteiger partial charge in [0, 0.05) is 0 Å². The molecule has 0 saturated heterocycles. The molecule has 1 N–H and O–H groups in total. The van der Waals surface area contributed by atoms with Crippen LogP contribution in [0, 0.1) is 5.92 Å². The Balaban J connectivity index is 2.54. The molecule has 5 heteroatoms. The summed E-state index contributed by atoms with van der Waals surface area (Å²) in [4.78, 5) is 23.4. The topological polar surface area (TPSA) is 64.6 Å². The third kappa shape index (κ3) is 5.45. The monoisotopic (exact) mass is 293 g/mol. The van der Waals surface area contributed by atoms with Gasteiger partial charge in [0.05, 0.1) is 7.11 Å². The van der Waals surface area contributed by atoms with Crippen molar-refractivity contribution in [2.45, 2.75) is 33.2 Å². The number of rotatable bonds is 7. The predicted molar refractivity (Wildman–Crippen MR) is 80.1 cm³/mol. The number of esters is 1. The third-order valence-corrected chi connectivity index (χ3v) is 3.11. The van der Waals surface area contributed by atoms with Crippen molar-refractivity contribution in [2.24, 2.45) is 5.92 Å². The second-order valence-corrected chi connectivity index (χ2v) is 5.10. The summed E-state index contributed by atoms with van der Waals surface area (Å²) in [6.45, 7) is 5.60. The molecule has 0 radical (unpaired) electrons. The second-order valence-electron chi connectivity index (χ2n) is 5.10. The molecule has 21 heavy (non-hydrogen) atoms. The molecule has 0 aliphatic carbocycles. The standard InChI is InChI=1S/C16H23NO4/c1-5-12-7-6-8-13(9-12)21-10-14(18)17-15(11(2)3)16(19)20-4/h6-9,11,15H,5,10H2,1-4H3,(H,17,18). The highest BCUT2D eigenvalue weighted by atomic mass is 16.5. The molecule has 1 rings (SSSR count). The molecule has 116 valence electrons. The third-order valence-electron chi connectivity index (χ3n) is 3.11. The van der Waals surface area contributed by atoms with Crippen LogP contribution in [0.15, 0.2) is 24.3 Å². The molecule has 1 aromatic carbocycles. The van der Waals surface area contributed by atoms with Crippen molar-refractivity contribution in [2.75, 3.05) is 13.7 Å². The molecule has 1 aromatic rings. The van der Waals surface area contributed by atoms with Crippen LogP contribution in [0.4, 0.5) is 0 Å². The molecule has 1 amide bonds. The Morgan fingerprint density at radius 1 is 1.29 bits per heavy atom. The number of benzene rings is 1. The molecule has 0 fully saturated rings. The van der Waals surface area contributed by atoms with Crippen LogP contribution in [0.3, 0.4) is 0 Å². The SMILES string of the molecule is CCc1cccc(OCC(=O)NC(C(=O)OC)C(C)C)c1.